The second kappa shape index (κ2) is 5.56. The Morgan fingerprint density at radius 2 is 1.81 bits per heavy atom. The normalized spacial score (nSPS) is 32.1. The number of carboxylic acids is 1. The number of carbonyl (C=O) groups is 2. The van der Waals surface area contributed by atoms with Gasteiger partial charge in [-0.05, 0) is 73.8 Å². The zero-order valence-electron chi connectivity index (χ0n) is 14.6. The van der Waals surface area contributed by atoms with Gasteiger partial charge in [0.05, 0.1) is 0 Å². The number of carboxylic acid groups (broad SMARTS) is 1. The Hall–Kier alpha value is -2.37. The minimum absolute atomic E-state index is 0.0206. The number of fused-ring (bicyclic) bond motifs is 1. The van der Waals surface area contributed by atoms with Crippen molar-refractivity contribution in [1.29, 1.82) is 0 Å². The molecule has 2 N–H and O–H groups in total. The van der Waals surface area contributed by atoms with Crippen molar-refractivity contribution in [3.63, 3.8) is 0 Å². The van der Waals surface area contributed by atoms with E-state index in [4.69, 9.17) is 5.11 Å². The molecule has 6 nitrogen and oxygen atoms in total. The van der Waals surface area contributed by atoms with E-state index in [1.807, 2.05) is 0 Å². The van der Waals surface area contributed by atoms with Crippen LogP contribution in [-0.4, -0.2) is 26.4 Å². The van der Waals surface area contributed by atoms with E-state index in [0.717, 1.165) is 17.8 Å². The van der Waals surface area contributed by atoms with E-state index < -0.39 is 5.97 Å². The van der Waals surface area contributed by atoms with Crippen molar-refractivity contribution in [2.45, 2.75) is 44.9 Å². The average Bonchev–Trinajstić information content (AvgIpc) is 2.98. The van der Waals surface area contributed by atoms with Gasteiger partial charge in [0.25, 0.3) is 0 Å². The Morgan fingerprint density at radius 1 is 1.15 bits per heavy atom. The van der Waals surface area contributed by atoms with Crippen molar-refractivity contribution in [2.75, 3.05) is 5.32 Å². The highest BCUT2D eigenvalue weighted by Crippen LogP contribution is 2.61. The molecule has 4 aliphatic carbocycles. The van der Waals surface area contributed by atoms with Gasteiger partial charge in [0.1, 0.15) is 11.5 Å². The van der Waals surface area contributed by atoms with Crippen molar-refractivity contribution in [2.24, 2.45) is 23.2 Å². The minimum atomic E-state index is -1.07. The van der Waals surface area contributed by atoms with Gasteiger partial charge >= 0.3 is 5.97 Å². The lowest BCUT2D eigenvalue weighted by atomic mass is 9.49. The molecule has 0 aliphatic heterocycles. The first-order valence-corrected chi connectivity index (χ1v) is 9.51. The number of pyridine rings is 1. The van der Waals surface area contributed by atoms with Gasteiger partial charge in [0, 0.05) is 12.6 Å². The molecule has 2 aromatic rings. The summed E-state index contributed by atoms with van der Waals surface area (Å²) in [6.45, 7) is 0. The van der Waals surface area contributed by atoms with E-state index in [1.54, 1.807) is 22.6 Å². The second-order valence-corrected chi connectivity index (χ2v) is 8.71. The maximum absolute atomic E-state index is 12.8. The molecular formula is C20H23N3O3. The molecule has 4 saturated carbocycles. The lowest BCUT2D eigenvalue weighted by Gasteiger charge is -2.56. The fraction of sp³-hybridized carbons (Fsp3) is 0.550. The van der Waals surface area contributed by atoms with Crippen LogP contribution in [0.2, 0.25) is 0 Å². The average molecular weight is 353 g/mol. The van der Waals surface area contributed by atoms with Gasteiger partial charge in [-0.1, -0.05) is 6.07 Å². The Labute approximate surface area is 151 Å². The third-order valence-electron chi connectivity index (χ3n) is 6.68. The van der Waals surface area contributed by atoms with E-state index >= 15 is 0 Å². The van der Waals surface area contributed by atoms with Crippen molar-refractivity contribution in [3.8, 4) is 0 Å². The van der Waals surface area contributed by atoms with E-state index in [1.165, 1.54) is 44.7 Å². The fourth-order valence-corrected chi connectivity index (χ4v) is 6.25. The van der Waals surface area contributed by atoms with Gasteiger partial charge in [-0.3, -0.25) is 9.20 Å². The Morgan fingerprint density at radius 3 is 2.42 bits per heavy atom. The standard InChI is InChI=1S/C20H23N3O3/c24-18(10-20-7-12-4-13(8-20)6-14(5-12)9-20)22-17-3-1-2-16-21-15(19(25)26)11-23(16)17/h1-3,11-14H,4-10H2,(H,22,24)(H,25,26). The van der Waals surface area contributed by atoms with Crippen molar-refractivity contribution >= 4 is 23.3 Å². The van der Waals surface area contributed by atoms with Crippen molar-refractivity contribution in [1.82, 2.24) is 9.38 Å². The Balaban J connectivity index is 1.36. The molecule has 2 aromatic heterocycles. The summed E-state index contributed by atoms with van der Waals surface area (Å²) in [4.78, 5) is 28.0. The Kier molecular flexibility index (Phi) is 3.39. The molecule has 4 bridgehead atoms. The molecule has 4 aliphatic rings. The molecule has 0 atom stereocenters. The lowest BCUT2D eigenvalue weighted by Crippen LogP contribution is -2.47. The summed E-state index contributed by atoms with van der Waals surface area (Å²) < 4.78 is 1.64. The van der Waals surface area contributed by atoms with E-state index in [-0.39, 0.29) is 17.0 Å². The number of rotatable bonds is 4. The van der Waals surface area contributed by atoms with Crippen LogP contribution in [0.15, 0.2) is 24.4 Å². The van der Waals surface area contributed by atoms with Gasteiger partial charge in [-0.15, -0.1) is 0 Å². The summed E-state index contributed by atoms with van der Waals surface area (Å²) in [5.41, 5.74) is 0.691. The first-order chi connectivity index (χ1) is 12.5. The van der Waals surface area contributed by atoms with Crippen LogP contribution in [0.4, 0.5) is 5.82 Å². The first-order valence-electron chi connectivity index (χ1n) is 9.51. The smallest absolute Gasteiger partial charge is 0.356 e. The number of anilines is 1. The predicted molar refractivity (Wildman–Crippen MR) is 96.0 cm³/mol. The summed E-state index contributed by atoms with van der Waals surface area (Å²) in [5.74, 6) is 2.01. The van der Waals surface area contributed by atoms with Gasteiger partial charge in [-0.25, -0.2) is 9.78 Å². The molecule has 26 heavy (non-hydrogen) atoms. The minimum Gasteiger partial charge on any atom is -0.476 e. The van der Waals surface area contributed by atoms with Crippen LogP contribution in [-0.2, 0) is 4.79 Å². The number of hydrogen-bond donors (Lipinski definition) is 2. The van der Waals surface area contributed by atoms with Crippen molar-refractivity contribution < 1.29 is 14.7 Å². The highest BCUT2D eigenvalue weighted by atomic mass is 16.4. The number of nitrogens with zero attached hydrogens (tertiary/aromatic N) is 2. The summed E-state index contributed by atoms with van der Waals surface area (Å²) in [6, 6.07) is 5.31. The monoisotopic (exact) mass is 353 g/mol. The number of carbonyl (C=O) groups excluding carboxylic acids is 1. The molecule has 0 aromatic carbocycles. The van der Waals surface area contributed by atoms with Gasteiger partial charge in [-0.2, -0.15) is 0 Å². The fourth-order valence-electron chi connectivity index (χ4n) is 6.25. The molecule has 0 radical (unpaired) electrons. The van der Waals surface area contributed by atoms with E-state index in [9.17, 15) is 9.59 Å². The molecule has 6 rings (SSSR count). The quantitative estimate of drug-likeness (QED) is 0.880. The number of aromatic nitrogens is 2. The number of nitrogens with one attached hydrogen (secondary N) is 1. The molecule has 2 heterocycles. The summed E-state index contributed by atoms with van der Waals surface area (Å²) in [7, 11) is 0. The highest BCUT2D eigenvalue weighted by molar-refractivity contribution is 5.91. The maximum atomic E-state index is 12.8. The van der Waals surface area contributed by atoms with Crippen LogP contribution >= 0.6 is 0 Å². The molecule has 4 fully saturated rings. The van der Waals surface area contributed by atoms with Crippen LogP contribution in [0.5, 0.6) is 0 Å². The number of imidazole rings is 1. The van der Waals surface area contributed by atoms with Crippen LogP contribution in [0, 0.1) is 23.2 Å². The molecule has 0 saturated heterocycles. The molecular weight excluding hydrogens is 330 g/mol. The third kappa shape index (κ3) is 2.59. The highest BCUT2D eigenvalue weighted by Gasteiger charge is 2.51. The zero-order valence-corrected chi connectivity index (χ0v) is 14.6. The maximum Gasteiger partial charge on any atom is 0.356 e. The first kappa shape index (κ1) is 15.9. The lowest BCUT2D eigenvalue weighted by molar-refractivity contribution is -0.124. The summed E-state index contributed by atoms with van der Waals surface area (Å²) in [5, 5.41) is 12.1. The predicted octanol–water partition coefficient (Wildman–Crippen LogP) is 3.58. The van der Waals surface area contributed by atoms with Gasteiger partial charge in [0.15, 0.2) is 5.69 Å². The number of amides is 1. The molecule has 1 amide bonds. The topological polar surface area (TPSA) is 83.7 Å². The van der Waals surface area contributed by atoms with Crippen LogP contribution in [0.25, 0.3) is 5.65 Å². The van der Waals surface area contributed by atoms with Crippen LogP contribution in [0.3, 0.4) is 0 Å². The van der Waals surface area contributed by atoms with Gasteiger partial charge in [0.2, 0.25) is 5.91 Å². The molecule has 6 heteroatoms. The Bertz CT molecular complexity index is 866. The molecule has 0 spiro atoms. The van der Waals surface area contributed by atoms with E-state index in [0.29, 0.717) is 17.9 Å². The van der Waals surface area contributed by atoms with Crippen molar-refractivity contribution in [3.05, 3.63) is 30.1 Å². The third-order valence-corrected chi connectivity index (χ3v) is 6.68. The van der Waals surface area contributed by atoms with E-state index in [2.05, 4.69) is 10.3 Å². The molecule has 136 valence electrons. The SMILES string of the molecule is O=C(CC12CC3CC(CC(C3)C1)C2)Nc1cccc2nc(C(=O)O)cn12. The largest absolute Gasteiger partial charge is 0.476 e. The second-order valence-electron chi connectivity index (χ2n) is 8.71. The van der Waals surface area contributed by atoms with Crippen LogP contribution in [0.1, 0.15) is 55.4 Å². The van der Waals surface area contributed by atoms with Crippen LogP contribution < -0.4 is 5.32 Å². The molecule has 0 unspecified atom stereocenters. The van der Waals surface area contributed by atoms with Gasteiger partial charge < -0.3 is 10.4 Å². The summed E-state index contributed by atoms with van der Waals surface area (Å²) >= 11 is 0. The number of hydrogen-bond acceptors (Lipinski definition) is 3. The number of aromatic carboxylic acids is 1. The summed E-state index contributed by atoms with van der Waals surface area (Å²) in [6.07, 6.45) is 9.74. The zero-order chi connectivity index (χ0) is 17.9.